The minimum Gasteiger partial charge on any atom is -0.497 e. The molecule has 0 radical (unpaired) electrons. The third-order valence-electron chi connectivity index (χ3n) is 2.83. The second kappa shape index (κ2) is 5.11. The van der Waals surface area contributed by atoms with Crippen molar-refractivity contribution in [1.82, 2.24) is 4.98 Å². The van der Waals surface area contributed by atoms with Crippen LogP contribution in [0.5, 0.6) is 5.75 Å². The third kappa shape index (κ3) is 2.52. The van der Waals surface area contributed by atoms with Gasteiger partial charge in [0.2, 0.25) is 0 Å². The zero-order valence-corrected chi connectivity index (χ0v) is 11.9. The predicted octanol–water partition coefficient (Wildman–Crippen LogP) is 3.79. The van der Waals surface area contributed by atoms with E-state index in [1.807, 2.05) is 30.3 Å². The Morgan fingerprint density at radius 1 is 1.32 bits per heavy atom. The molecule has 0 atom stereocenters. The van der Waals surface area contributed by atoms with Crippen LogP contribution in [0.25, 0.3) is 9.53 Å². The first-order valence-corrected chi connectivity index (χ1v) is 7.45. The number of methoxy groups -OCH3 is 1. The van der Waals surface area contributed by atoms with Gasteiger partial charge >= 0.3 is 0 Å². The predicted molar refractivity (Wildman–Crippen MR) is 78.5 cm³/mol. The van der Waals surface area contributed by atoms with Crippen molar-refractivity contribution in [2.75, 3.05) is 7.11 Å². The molecule has 0 saturated heterocycles. The number of rotatable bonds is 4. The molecule has 0 N–H and O–H groups in total. The molecule has 0 unspecified atom stereocenters. The molecule has 0 fully saturated rings. The number of ether oxygens (including phenoxy) is 1. The topological polar surface area (TPSA) is 39.2 Å². The molecule has 5 heteroatoms. The smallest absolute Gasteiger partial charge is 0.177 e. The van der Waals surface area contributed by atoms with Crippen LogP contribution in [0, 0.1) is 0 Å². The summed E-state index contributed by atoms with van der Waals surface area (Å²) < 4.78 is 6.21. The molecule has 2 heterocycles. The molecule has 0 aliphatic heterocycles. The number of carbonyl (C=O) groups excluding carboxylic acids is 1. The molecular formula is C14H11NO2S2. The van der Waals surface area contributed by atoms with Crippen LogP contribution in [-0.4, -0.2) is 17.9 Å². The Morgan fingerprint density at radius 3 is 2.79 bits per heavy atom. The van der Waals surface area contributed by atoms with Gasteiger partial charge < -0.3 is 4.74 Å². The molecule has 3 rings (SSSR count). The van der Waals surface area contributed by atoms with Gasteiger partial charge in [0, 0.05) is 6.42 Å². The van der Waals surface area contributed by atoms with Crippen molar-refractivity contribution in [3.05, 3.63) is 46.3 Å². The molecule has 96 valence electrons. The molecule has 1 aromatic carbocycles. The van der Waals surface area contributed by atoms with Gasteiger partial charge in [-0.3, -0.25) is 4.79 Å². The van der Waals surface area contributed by atoms with Gasteiger partial charge in [-0.25, -0.2) is 4.98 Å². The summed E-state index contributed by atoms with van der Waals surface area (Å²) in [5.41, 5.74) is 3.72. The summed E-state index contributed by atoms with van der Waals surface area (Å²) in [6, 6.07) is 9.46. The van der Waals surface area contributed by atoms with Crippen molar-refractivity contribution in [1.29, 1.82) is 0 Å². The number of ketones is 1. The highest BCUT2D eigenvalue weighted by atomic mass is 32.2. The summed E-state index contributed by atoms with van der Waals surface area (Å²) in [7, 11) is 1.63. The van der Waals surface area contributed by atoms with Crippen molar-refractivity contribution >= 4 is 38.0 Å². The van der Waals surface area contributed by atoms with Gasteiger partial charge in [-0.05, 0) is 23.8 Å². The monoisotopic (exact) mass is 289 g/mol. The van der Waals surface area contributed by atoms with Crippen LogP contribution in [0.3, 0.4) is 0 Å². The summed E-state index contributed by atoms with van der Waals surface area (Å²) in [5, 5.41) is 0. The molecule has 0 spiro atoms. The number of thiophene rings is 1. The number of Topliss-reactive ketones (excluding diaryl/α,β-unsaturated/α-hetero) is 1. The lowest BCUT2D eigenvalue weighted by atomic mass is 10.1. The Bertz CT molecular complexity index is 684. The van der Waals surface area contributed by atoms with Crippen LogP contribution >= 0.6 is 22.7 Å². The quantitative estimate of drug-likeness (QED) is 0.686. The van der Waals surface area contributed by atoms with Crippen molar-refractivity contribution in [3.63, 3.8) is 0 Å². The number of benzene rings is 1. The van der Waals surface area contributed by atoms with E-state index in [-0.39, 0.29) is 5.78 Å². The lowest BCUT2D eigenvalue weighted by molar-refractivity contribution is 0.0997. The fraction of sp³-hybridized carbons (Fsp3) is 0.143. The molecule has 0 aliphatic carbocycles. The molecule has 3 aromatic rings. The van der Waals surface area contributed by atoms with Gasteiger partial charge in [-0.15, -0.1) is 22.7 Å². The van der Waals surface area contributed by atoms with E-state index in [0.717, 1.165) is 25.7 Å². The molecule has 3 nitrogen and oxygen atoms in total. The average molecular weight is 289 g/mol. The molecule has 19 heavy (non-hydrogen) atoms. The highest BCUT2D eigenvalue weighted by Gasteiger charge is 2.12. The zero-order chi connectivity index (χ0) is 13.2. The van der Waals surface area contributed by atoms with Crippen molar-refractivity contribution < 1.29 is 9.53 Å². The van der Waals surface area contributed by atoms with Gasteiger partial charge in [0.15, 0.2) is 5.78 Å². The number of fused-ring (bicyclic) bond motifs is 1. The Morgan fingerprint density at radius 2 is 2.11 bits per heavy atom. The summed E-state index contributed by atoms with van der Waals surface area (Å²) in [6.45, 7) is 0. The standard InChI is InChI=1S/C14H11NO2S2/c1-17-10-4-2-9(3-5-10)6-12(16)13-7-11-14(19-13)18-8-15-11/h2-5,7-8H,6H2,1H3. The second-order valence-electron chi connectivity index (χ2n) is 4.08. The number of hydrogen-bond acceptors (Lipinski definition) is 5. The average Bonchev–Trinajstić information content (AvgIpc) is 3.00. The van der Waals surface area contributed by atoms with Crippen LogP contribution in [0.4, 0.5) is 0 Å². The van der Waals surface area contributed by atoms with E-state index in [1.165, 1.54) is 11.3 Å². The first-order chi connectivity index (χ1) is 9.26. The first kappa shape index (κ1) is 12.3. The number of carbonyl (C=O) groups is 1. The lowest BCUT2D eigenvalue weighted by Gasteiger charge is -2.02. The fourth-order valence-corrected chi connectivity index (χ4v) is 3.68. The normalized spacial score (nSPS) is 10.8. The maximum atomic E-state index is 12.2. The molecule has 2 aromatic heterocycles. The van der Waals surface area contributed by atoms with Crippen LogP contribution in [-0.2, 0) is 6.42 Å². The van der Waals surface area contributed by atoms with Crippen LogP contribution < -0.4 is 4.74 Å². The highest BCUT2D eigenvalue weighted by Crippen LogP contribution is 2.29. The molecule has 0 bridgehead atoms. The van der Waals surface area contributed by atoms with Crippen LogP contribution in [0.1, 0.15) is 15.2 Å². The van der Waals surface area contributed by atoms with E-state index >= 15 is 0 Å². The third-order valence-corrected chi connectivity index (χ3v) is 4.96. The minimum atomic E-state index is 0.139. The fourth-order valence-electron chi connectivity index (χ4n) is 1.82. The van der Waals surface area contributed by atoms with Crippen LogP contribution in [0.15, 0.2) is 35.8 Å². The van der Waals surface area contributed by atoms with E-state index in [2.05, 4.69) is 4.98 Å². The van der Waals surface area contributed by atoms with E-state index in [9.17, 15) is 4.79 Å². The second-order valence-corrected chi connectivity index (χ2v) is 6.25. The highest BCUT2D eigenvalue weighted by molar-refractivity contribution is 7.38. The van der Waals surface area contributed by atoms with E-state index in [4.69, 9.17) is 4.74 Å². The molecule has 0 aliphatic rings. The molecule has 0 saturated carbocycles. The van der Waals surface area contributed by atoms with Gasteiger partial charge in [-0.2, -0.15) is 0 Å². The van der Waals surface area contributed by atoms with Crippen molar-refractivity contribution in [2.24, 2.45) is 0 Å². The van der Waals surface area contributed by atoms with Gasteiger partial charge in [0.1, 0.15) is 9.76 Å². The summed E-state index contributed by atoms with van der Waals surface area (Å²) in [4.78, 5) is 17.2. The minimum absolute atomic E-state index is 0.139. The van der Waals surface area contributed by atoms with E-state index < -0.39 is 0 Å². The van der Waals surface area contributed by atoms with Gasteiger partial charge in [0.25, 0.3) is 0 Å². The van der Waals surface area contributed by atoms with E-state index in [1.54, 1.807) is 24.0 Å². The van der Waals surface area contributed by atoms with Crippen molar-refractivity contribution in [2.45, 2.75) is 6.42 Å². The van der Waals surface area contributed by atoms with Crippen LogP contribution in [0.2, 0.25) is 0 Å². The van der Waals surface area contributed by atoms with E-state index in [0.29, 0.717) is 6.42 Å². The first-order valence-electron chi connectivity index (χ1n) is 5.75. The molecule has 0 amide bonds. The summed E-state index contributed by atoms with van der Waals surface area (Å²) in [6.07, 6.45) is 0.414. The lowest BCUT2D eigenvalue weighted by Crippen LogP contribution is -2.00. The Hall–Kier alpha value is -1.72. The summed E-state index contributed by atoms with van der Waals surface area (Å²) in [5.74, 6) is 0.942. The summed E-state index contributed by atoms with van der Waals surface area (Å²) >= 11 is 3.10. The SMILES string of the molecule is COc1ccc(CC(=O)c2cc3ncsc3s2)cc1. The van der Waals surface area contributed by atoms with Gasteiger partial charge in [0.05, 0.1) is 23.0 Å². The maximum absolute atomic E-state index is 12.2. The number of aromatic nitrogens is 1. The number of nitrogens with zero attached hydrogens (tertiary/aromatic N) is 1. The Kier molecular flexibility index (Phi) is 3.31. The zero-order valence-electron chi connectivity index (χ0n) is 10.3. The molecular weight excluding hydrogens is 278 g/mol. The largest absolute Gasteiger partial charge is 0.497 e. The van der Waals surface area contributed by atoms with Crippen molar-refractivity contribution in [3.8, 4) is 5.75 Å². The maximum Gasteiger partial charge on any atom is 0.177 e. The van der Waals surface area contributed by atoms with Gasteiger partial charge in [-0.1, -0.05) is 12.1 Å². The Balaban J connectivity index is 1.78. The number of thiazole rings is 1. The number of hydrogen-bond donors (Lipinski definition) is 0. The Labute approximate surface area is 118 Å².